The highest BCUT2D eigenvalue weighted by Crippen LogP contribution is 2.19. The Kier molecular flexibility index (Phi) is 3.52. The number of H-pyrrole nitrogens is 1. The molecule has 1 amide bonds. The molecular weight excluding hydrogens is 192 g/mol. The van der Waals surface area contributed by atoms with Crippen LogP contribution in [0.15, 0.2) is 18.3 Å². The molecule has 1 unspecified atom stereocenters. The van der Waals surface area contributed by atoms with Gasteiger partial charge >= 0.3 is 0 Å². The van der Waals surface area contributed by atoms with Crippen LogP contribution in [-0.2, 0) is 10.2 Å². The van der Waals surface area contributed by atoms with Crippen molar-refractivity contribution in [1.29, 1.82) is 0 Å². The molecule has 4 nitrogen and oxygen atoms in total. The Hall–Kier alpha value is -1.29. The summed E-state index contributed by atoms with van der Waals surface area (Å²) >= 11 is 0. The van der Waals surface area contributed by atoms with E-state index in [1.54, 1.807) is 0 Å². The van der Waals surface area contributed by atoms with E-state index in [-0.39, 0.29) is 11.3 Å². The van der Waals surface area contributed by atoms with Gasteiger partial charge in [0.05, 0.1) is 0 Å². The molecule has 1 atom stereocenters. The van der Waals surface area contributed by atoms with Gasteiger partial charge in [0.15, 0.2) is 0 Å². The predicted molar refractivity (Wildman–Crippen MR) is 58.5 cm³/mol. The highest BCUT2D eigenvalue weighted by atomic mass is 16.3. The topological polar surface area (TPSA) is 65.1 Å². The van der Waals surface area contributed by atoms with E-state index in [4.69, 9.17) is 5.11 Å². The van der Waals surface area contributed by atoms with Gasteiger partial charge in [-0.1, -0.05) is 13.8 Å². The normalized spacial score (nSPS) is 13.6. The van der Waals surface area contributed by atoms with Crippen LogP contribution in [0, 0.1) is 0 Å². The first-order chi connectivity index (χ1) is 6.93. The van der Waals surface area contributed by atoms with E-state index in [1.165, 1.54) is 6.92 Å². The van der Waals surface area contributed by atoms with Gasteiger partial charge in [-0.25, -0.2) is 0 Å². The van der Waals surface area contributed by atoms with Crippen LogP contribution in [0.4, 0.5) is 0 Å². The molecule has 0 spiro atoms. The van der Waals surface area contributed by atoms with Crippen molar-refractivity contribution in [3.8, 4) is 0 Å². The second-order valence-corrected chi connectivity index (χ2v) is 4.36. The molecule has 4 heteroatoms. The Morgan fingerprint density at radius 1 is 1.67 bits per heavy atom. The Morgan fingerprint density at radius 3 is 2.80 bits per heavy atom. The van der Waals surface area contributed by atoms with Crippen molar-refractivity contribution in [3.05, 3.63) is 24.0 Å². The number of rotatable bonds is 4. The Balaban J connectivity index is 2.54. The van der Waals surface area contributed by atoms with Crippen molar-refractivity contribution >= 4 is 5.91 Å². The minimum Gasteiger partial charge on any atom is -0.384 e. The molecule has 1 rings (SSSR count). The highest BCUT2D eigenvalue weighted by Gasteiger charge is 2.22. The van der Waals surface area contributed by atoms with Crippen LogP contribution in [0.25, 0.3) is 0 Å². The summed E-state index contributed by atoms with van der Waals surface area (Å²) in [6, 6.07) is 3.90. The maximum atomic E-state index is 11.2. The van der Waals surface area contributed by atoms with E-state index in [2.05, 4.69) is 10.3 Å². The summed E-state index contributed by atoms with van der Waals surface area (Å²) in [6.45, 7) is 6.01. The summed E-state index contributed by atoms with van der Waals surface area (Å²) in [4.78, 5) is 14.3. The summed E-state index contributed by atoms with van der Waals surface area (Å²) in [5.74, 6) is -0.338. The van der Waals surface area contributed by atoms with Crippen molar-refractivity contribution < 1.29 is 9.90 Å². The molecule has 0 aromatic carbocycles. The number of aliphatic hydroxyl groups excluding tert-OH is 1. The smallest absolute Gasteiger partial charge is 0.248 e. The van der Waals surface area contributed by atoms with E-state index >= 15 is 0 Å². The summed E-state index contributed by atoms with van der Waals surface area (Å²) in [7, 11) is 0. The lowest BCUT2D eigenvalue weighted by Gasteiger charge is -2.24. The number of aromatic amines is 1. The minimum atomic E-state index is -0.954. The zero-order valence-electron chi connectivity index (χ0n) is 9.37. The lowest BCUT2D eigenvalue weighted by molar-refractivity contribution is -0.128. The first-order valence-electron chi connectivity index (χ1n) is 5.03. The summed E-state index contributed by atoms with van der Waals surface area (Å²) in [5.41, 5.74) is 0.905. The Bertz CT molecular complexity index is 315. The average molecular weight is 210 g/mol. The van der Waals surface area contributed by atoms with Crippen LogP contribution in [0.5, 0.6) is 0 Å². The van der Waals surface area contributed by atoms with E-state index in [0.29, 0.717) is 6.54 Å². The second kappa shape index (κ2) is 4.49. The molecule has 0 aliphatic heterocycles. The molecule has 0 bridgehead atoms. The fourth-order valence-electron chi connectivity index (χ4n) is 1.30. The van der Waals surface area contributed by atoms with E-state index < -0.39 is 6.10 Å². The largest absolute Gasteiger partial charge is 0.384 e. The second-order valence-electron chi connectivity index (χ2n) is 4.36. The molecular formula is C11H18N2O2. The number of amides is 1. The molecule has 0 fully saturated rings. The van der Waals surface area contributed by atoms with Crippen LogP contribution < -0.4 is 5.32 Å². The first kappa shape index (κ1) is 11.8. The summed E-state index contributed by atoms with van der Waals surface area (Å²) < 4.78 is 0. The maximum Gasteiger partial charge on any atom is 0.248 e. The van der Waals surface area contributed by atoms with Gasteiger partial charge in [-0.15, -0.1) is 0 Å². The molecule has 0 saturated carbocycles. The third-order valence-corrected chi connectivity index (χ3v) is 2.41. The summed E-state index contributed by atoms with van der Waals surface area (Å²) in [6.07, 6.45) is 0.901. The van der Waals surface area contributed by atoms with Crippen LogP contribution in [0.2, 0.25) is 0 Å². The number of carbonyl (C=O) groups excluding carboxylic acids is 1. The molecule has 3 N–H and O–H groups in total. The first-order valence-corrected chi connectivity index (χ1v) is 5.03. The summed E-state index contributed by atoms with van der Waals surface area (Å²) in [5, 5.41) is 11.7. The number of nitrogens with one attached hydrogen (secondary N) is 2. The molecule has 1 heterocycles. The van der Waals surface area contributed by atoms with Gasteiger partial charge in [0.25, 0.3) is 0 Å². The SMILES string of the molecule is CC(O)C(=O)NCC(C)(C)c1ccc[nH]1. The van der Waals surface area contributed by atoms with Gasteiger partial charge in [0.1, 0.15) is 6.10 Å². The zero-order chi connectivity index (χ0) is 11.5. The molecule has 0 radical (unpaired) electrons. The number of hydrogen-bond donors (Lipinski definition) is 3. The monoisotopic (exact) mass is 210 g/mol. The molecule has 1 aromatic heterocycles. The van der Waals surface area contributed by atoms with Crippen LogP contribution in [0.3, 0.4) is 0 Å². The third-order valence-electron chi connectivity index (χ3n) is 2.41. The van der Waals surface area contributed by atoms with Crippen molar-refractivity contribution in [2.75, 3.05) is 6.54 Å². The predicted octanol–water partition coefficient (Wildman–Crippen LogP) is 0.789. The van der Waals surface area contributed by atoms with Crippen LogP contribution in [-0.4, -0.2) is 28.6 Å². The third kappa shape index (κ3) is 3.09. The minimum absolute atomic E-state index is 0.159. The quantitative estimate of drug-likeness (QED) is 0.688. The standard InChI is InChI=1S/C11H18N2O2/c1-8(14)10(15)13-7-11(2,3)9-5-4-6-12-9/h4-6,8,12,14H,7H2,1-3H3,(H,13,15). The van der Waals surface area contributed by atoms with Gasteiger partial charge in [-0.3, -0.25) is 4.79 Å². The number of aromatic nitrogens is 1. The van der Waals surface area contributed by atoms with E-state index in [1.807, 2.05) is 32.2 Å². The number of hydrogen-bond acceptors (Lipinski definition) is 2. The van der Waals surface area contributed by atoms with Crippen LogP contribution in [0.1, 0.15) is 26.5 Å². The fraction of sp³-hybridized carbons (Fsp3) is 0.545. The number of aliphatic hydroxyl groups is 1. The average Bonchev–Trinajstić information content (AvgIpc) is 2.67. The van der Waals surface area contributed by atoms with Crippen molar-refractivity contribution in [2.45, 2.75) is 32.3 Å². The molecule has 1 aromatic rings. The Labute approximate surface area is 89.7 Å². The van der Waals surface area contributed by atoms with Crippen molar-refractivity contribution in [3.63, 3.8) is 0 Å². The van der Waals surface area contributed by atoms with Crippen molar-refractivity contribution in [1.82, 2.24) is 10.3 Å². The fourth-order valence-corrected chi connectivity index (χ4v) is 1.30. The molecule has 0 aliphatic carbocycles. The highest BCUT2D eigenvalue weighted by molar-refractivity contribution is 5.80. The molecule has 84 valence electrons. The Morgan fingerprint density at radius 2 is 2.33 bits per heavy atom. The molecule has 15 heavy (non-hydrogen) atoms. The zero-order valence-corrected chi connectivity index (χ0v) is 9.37. The molecule has 0 aliphatic rings. The molecule has 0 saturated heterocycles. The van der Waals surface area contributed by atoms with Gasteiger partial charge in [-0.2, -0.15) is 0 Å². The van der Waals surface area contributed by atoms with E-state index in [9.17, 15) is 4.79 Å². The van der Waals surface area contributed by atoms with Crippen molar-refractivity contribution in [2.24, 2.45) is 0 Å². The van der Waals surface area contributed by atoms with E-state index in [0.717, 1.165) is 5.69 Å². The van der Waals surface area contributed by atoms with Gasteiger partial charge in [0, 0.05) is 23.9 Å². The maximum absolute atomic E-state index is 11.2. The van der Waals surface area contributed by atoms with Gasteiger partial charge in [0.2, 0.25) is 5.91 Å². The lowest BCUT2D eigenvalue weighted by Crippen LogP contribution is -2.40. The van der Waals surface area contributed by atoms with Gasteiger partial charge < -0.3 is 15.4 Å². The van der Waals surface area contributed by atoms with Gasteiger partial charge in [-0.05, 0) is 19.1 Å². The lowest BCUT2D eigenvalue weighted by atomic mass is 9.89. The van der Waals surface area contributed by atoms with Crippen LogP contribution >= 0.6 is 0 Å². The number of carbonyl (C=O) groups is 1.